The predicted octanol–water partition coefficient (Wildman–Crippen LogP) is 3.68. The smallest absolute Gasteiger partial charge is 0.354 e. The van der Waals surface area contributed by atoms with Gasteiger partial charge < -0.3 is 19.8 Å². The Morgan fingerprint density at radius 1 is 1.23 bits per heavy atom. The molecule has 3 rings (SSSR count). The second kappa shape index (κ2) is 7.93. The molecule has 136 valence electrons. The van der Waals surface area contributed by atoms with Crippen LogP contribution in [0.15, 0.2) is 53.0 Å². The average molecular weight is 417 g/mol. The lowest BCUT2D eigenvalue weighted by Gasteiger charge is -2.14. The Labute approximate surface area is 160 Å². The Hall–Kier alpha value is -2.31. The predicted molar refractivity (Wildman–Crippen MR) is 106 cm³/mol. The molecule has 0 aliphatic rings. The van der Waals surface area contributed by atoms with Crippen LogP contribution >= 0.6 is 15.9 Å². The van der Waals surface area contributed by atoms with Crippen LogP contribution in [0.3, 0.4) is 0 Å². The molecule has 5 nitrogen and oxygen atoms in total. The van der Waals surface area contributed by atoms with E-state index in [1.807, 2.05) is 37.4 Å². The van der Waals surface area contributed by atoms with Gasteiger partial charge in [0.2, 0.25) is 0 Å². The number of rotatable bonds is 6. The molecule has 0 saturated carbocycles. The maximum atomic E-state index is 12.0. The number of carbonyl (C=O) groups excluding carboxylic acids is 1. The summed E-state index contributed by atoms with van der Waals surface area (Å²) < 4.78 is 13.5. The summed E-state index contributed by atoms with van der Waals surface area (Å²) in [7, 11) is 3.19. The van der Waals surface area contributed by atoms with E-state index in [4.69, 9.17) is 15.2 Å². The van der Waals surface area contributed by atoms with Gasteiger partial charge in [0, 0.05) is 22.9 Å². The molecule has 1 aromatic heterocycles. The number of methoxy groups -OCH3 is 1. The molecule has 3 aromatic rings. The van der Waals surface area contributed by atoms with Crippen molar-refractivity contribution in [1.29, 1.82) is 0 Å². The number of esters is 1. The van der Waals surface area contributed by atoms with Gasteiger partial charge in [-0.1, -0.05) is 30.3 Å². The number of aromatic nitrogens is 1. The van der Waals surface area contributed by atoms with Gasteiger partial charge in [0.1, 0.15) is 18.1 Å². The topological polar surface area (TPSA) is 66.5 Å². The maximum Gasteiger partial charge on any atom is 0.354 e. The molecule has 0 saturated heterocycles. The van der Waals surface area contributed by atoms with Gasteiger partial charge in [0.25, 0.3) is 0 Å². The first-order valence-electron chi connectivity index (χ1n) is 8.29. The third-order valence-corrected chi connectivity index (χ3v) is 4.93. The molecular weight excluding hydrogens is 396 g/mol. The highest BCUT2D eigenvalue weighted by atomic mass is 79.9. The number of benzene rings is 2. The van der Waals surface area contributed by atoms with Crippen LogP contribution in [-0.2, 0) is 18.2 Å². The molecule has 26 heavy (non-hydrogen) atoms. The second-order valence-electron chi connectivity index (χ2n) is 6.15. The van der Waals surface area contributed by atoms with E-state index in [-0.39, 0.29) is 12.0 Å². The summed E-state index contributed by atoms with van der Waals surface area (Å²) in [5.41, 5.74) is 8.74. The molecule has 1 heterocycles. The lowest BCUT2D eigenvalue weighted by Crippen LogP contribution is -2.30. The molecule has 0 radical (unpaired) electrons. The lowest BCUT2D eigenvalue weighted by molar-refractivity contribution is 0.0590. The number of halogens is 1. The first kappa shape index (κ1) is 18.5. The van der Waals surface area contributed by atoms with E-state index < -0.39 is 0 Å². The highest BCUT2D eigenvalue weighted by Crippen LogP contribution is 2.34. The molecule has 6 heteroatoms. The summed E-state index contributed by atoms with van der Waals surface area (Å²) in [6, 6.07) is 15.5. The van der Waals surface area contributed by atoms with Crippen LogP contribution in [0.4, 0.5) is 0 Å². The number of aryl methyl sites for hydroxylation is 1. The fraction of sp³-hybridized carbons (Fsp3) is 0.250. The number of nitrogens with zero attached hydrogens (tertiary/aromatic N) is 1. The lowest BCUT2D eigenvalue weighted by atomic mass is 10.1. The molecule has 0 amide bonds. The third kappa shape index (κ3) is 3.76. The summed E-state index contributed by atoms with van der Waals surface area (Å²) in [4.78, 5) is 12.0. The number of carbonyl (C=O) groups is 1. The van der Waals surface area contributed by atoms with Gasteiger partial charge in [-0.3, -0.25) is 0 Å². The van der Waals surface area contributed by atoms with Crippen molar-refractivity contribution in [3.8, 4) is 5.75 Å². The fourth-order valence-electron chi connectivity index (χ4n) is 3.00. The first-order chi connectivity index (χ1) is 12.5. The molecular formula is C20H21BrN2O3. The van der Waals surface area contributed by atoms with Gasteiger partial charge >= 0.3 is 5.97 Å². The summed E-state index contributed by atoms with van der Waals surface area (Å²) in [5.74, 6) is 0.305. The SMILES string of the molecule is COC(=O)c1cc2c(OC[C@H](N)Cc3ccccc3)ccc(Br)c2n1C. The van der Waals surface area contributed by atoms with Crippen LogP contribution in [0.1, 0.15) is 16.1 Å². The van der Waals surface area contributed by atoms with E-state index in [9.17, 15) is 4.79 Å². The van der Waals surface area contributed by atoms with E-state index in [0.717, 1.165) is 21.8 Å². The quantitative estimate of drug-likeness (QED) is 0.622. The molecule has 0 unspecified atom stereocenters. The normalized spacial score (nSPS) is 12.2. The molecule has 0 aliphatic heterocycles. The zero-order valence-corrected chi connectivity index (χ0v) is 16.3. The summed E-state index contributed by atoms with van der Waals surface area (Å²) >= 11 is 3.54. The molecule has 0 spiro atoms. The largest absolute Gasteiger partial charge is 0.491 e. The highest BCUT2D eigenvalue weighted by Gasteiger charge is 2.18. The zero-order valence-electron chi connectivity index (χ0n) is 14.7. The number of nitrogens with two attached hydrogens (primary N) is 1. The Kier molecular flexibility index (Phi) is 5.64. The number of ether oxygens (including phenoxy) is 2. The molecule has 1 atom stereocenters. The van der Waals surface area contributed by atoms with Crippen LogP contribution < -0.4 is 10.5 Å². The van der Waals surface area contributed by atoms with Crippen molar-refractivity contribution < 1.29 is 14.3 Å². The first-order valence-corrected chi connectivity index (χ1v) is 9.09. The highest BCUT2D eigenvalue weighted by molar-refractivity contribution is 9.10. The Balaban J connectivity index is 1.82. The van der Waals surface area contributed by atoms with E-state index in [1.165, 1.54) is 12.7 Å². The van der Waals surface area contributed by atoms with Crippen LogP contribution in [0.25, 0.3) is 10.9 Å². The van der Waals surface area contributed by atoms with Crippen molar-refractivity contribution >= 4 is 32.8 Å². The van der Waals surface area contributed by atoms with Crippen molar-refractivity contribution in [2.45, 2.75) is 12.5 Å². The molecule has 0 aliphatic carbocycles. The van der Waals surface area contributed by atoms with Crippen LogP contribution in [0.5, 0.6) is 5.75 Å². The van der Waals surface area contributed by atoms with E-state index in [2.05, 4.69) is 28.1 Å². The van der Waals surface area contributed by atoms with Crippen LogP contribution in [0.2, 0.25) is 0 Å². The summed E-state index contributed by atoms with van der Waals surface area (Å²) in [6.45, 7) is 0.383. The minimum absolute atomic E-state index is 0.125. The van der Waals surface area contributed by atoms with Gasteiger partial charge in [-0.2, -0.15) is 0 Å². The zero-order chi connectivity index (χ0) is 18.7. The summed E-state index contributed by atoms with van der Waals surface area (Å²) in [6.07, 6.45) is 0.739. The van der Waals surface area contributed by atoms with Gasteiger partial charge in [-0.05, 0) is 46.1 Å². The van der Waals surface area contributed by atoms with E-state index >= 15 is 0 Å². The maximum absolute atomic E-state index is 12.0. The van der Waals surface area contributed by atoms with Crippen LogP contribution in [-0.4, -0.2) is 30.3 Å². The van der Waals surface area contributed by atoms with E-state index in [0.29, 0.717) is 18.1 Å². The molecule has 2 N–H and O–H groups in total. The Bertz CT molecular complexity index is 922. The van der Waals surface area contributed by atoms with E-state index in [1.54, 1.807) is 10.6 Å². The van der Waals surface area contributed by atoms with Gasteiger partial charge in [-0.15, -0.1) is 0 Å². The molecule has 0 fully saturated rings. The minimum atomic E-state index is -0.387. The summed E-state index contributed by atoms with van der Waals surface area (Å²) in [5, 5.41) is 0.842. The van der Waals surface area contributed by atoms with Crippen molar-refractivity contribution in [3.05, 3.63) is 64.3 Å². The second-order valence-corrected chi connectivity index (χ2v) is 7.00. The monoisotopic (exact) mass is 416 g/mol. The van der Waals surface area contributed by atoms with Crippen molar-refractivity contribution in [2.75, 3.05) is 13.7 Å². The average Bonchev–Trinajstić information content (AvgIpc) is 3.00. The van der Waals surface area contributed by atoms with Crippen molar-refractivity contribution in [2.24, 2.45) is 12.8 Å². The Morgan fingerprint density at radius 2 is 1.96 bits per heavy atom. The fourth-order valence-corrected chi connectivity index (χ4v) is 3.61. The Morgan fingerprint density at radius 3 is 2.65 bits per heavy atom. The van der Waals surface area contributed by atoms with Gasteiger partial charge in [0.05, 0.1) is 12.6 Å². The molecule has 2 aromatic carbocycles. The number of fused-ring (bicyclic) bond motifs is 1. The van der Waals surface area contributed by atoms with Crippen LogP contribution in [0, 0.1) is 0 Å². The third-order valence-electron chi connectivity index (χ3n) is 4.29. The number of hydrogen-bond donors (Lipinski definition) is 1. The van der Waals surface area contributed by atoms with Gasteiger partial charge in [-0.25, -0.2) is 4.79 Å². The van der Waals surface area contributed by atoms with Gasteiger partial charge in [0.15, 0.2) is 0 Å². The molecule has 0 bridgehead atoms. The number of hydrogen-bond acceptors (Lipinski definition) is 4. The minimum Gasteiger partial charge on any atom is -0.491 e. The standard InChI is InChI=1S/C20H21BrN2O3/c1-23-17(20(24)25-2)11-15-18(9-8-16(21)19(15)23)26-12-14(22)10-13-6-4-3-5-7-13/h3-9,11,14H,10,12,22H2,1-2H3/t14-/m1/s1. The van der Waals surface area contributed by atoms with Crippen molar-refractivity contribution in [3.63, 3.8) is 0 Å². The van der Waals surface area contributed by atoms with Crippen molar-refractivity contribution in [1.82, 2.24) is 4.57 Å².